The fraction of sp³-hybridized carbons (Fsp3) is 0.857. The lowest BCUT2D eigenvalue weighted by atomic mass is 10.5. The summed E-state index contributed by atoms with van der Waals surface area (Å²) >= 11 is 4.80. The molecule has 0 aromatic carbocycles. The maximum atomic E-state index is 4.80. The van der Waals surface area contributed by atoms with E-state index < -0.39 is 0 Å². The van der Waals surface area contributed by atoms with Crippen molar-refractivity contribution in [2.75, 3.05) is 13.6 Å². The van der Waals surface area contributed by atoms with Crippen LogP contribution < -0.4 is 10.6 Å². The van der Waals surface area contributed by atoms with Crippen LogP contribution >= 0.6 is 12.2 Å². The molecule has 0 unspecified atom stereocenters. The second-order valence-electron chi connectivity index (χ2n) is 1.51. The Kier molecular flexibility index (Phi) is 14.2. The quantitative estimate of drug-likeness (QED) is 0.602. The smallest absolute Gasteiger partial charge is 0.166 e. The standard InChI is InChI=1S/C5H12N2S.C2H6/c1-3-4-7-5(8)6-2;1-2/h3-4H2,1-2H3,(H2,6,7,8);1-2H3. The van der Waals surface area contributed by atoms with Crippen molar-refractivity contribution >= 4 is 17.3 Å². The molecule has 62 valence electrons. The van der Waals surface area contributed by atoms with Crippen molar-refractivity contribution in [2.24, 2.45) is 0 Å². The Labute approximate surface area is 69.4 Å². The van der Waals surface area contributed by atoms with Crippen molar-refractivity contribution in [3.63, 3.8) is 0 Å². The number of nitrogens with one attached hydrogen (secondary N) is 2. The summed E-state index contributed by atoms with van der Waals surface area (Å²) in [6.07, 6.45) is 1.11. The lowest BCUT2D eigenvalue weighted by molar-refractivity contribution is 0.828. The molecule has 0 aliphatic rings. The average molecular weight is 162 g/mol. The maximum absolute atomic E-state index is 4.80. The average Bonchev–Trinajstić information content (AvgIpc) is 2.04. The third-order valence-corrected chi connectivity index (χ3v) is 1.11. The van der Waals surface area contributed by atoms with Gasteiger partial charge in [0, 0.05) is 13.6 Å². The fourth-order valence-electron chi connectivity index (χ4n) is 0.327. The van der Waals surface area contributed by atoms with E-state index in [1.165, 1.54) is 0 Å². The fourth-order valence-corrected chi connectivity index (χ4v) is 0.429. The molecule has 0 heterocycles. The van der Waals surface area contributed by atoms with Gasteiger partial charge in [0.2, 0.25) is 0 Å². The summed E-state index contributed by atoms with van der Waals surface area (Å²) in [6.45, 7) is 7.06. The highest BCUT2D eigenvalue weighted by Gasteiger charge is 1.84. The number of rotatable bonds is 2. The van der Waals surface area contributed by atoms with Crippen molar-refractivity contribution in [3.05, 3.63) is 0 Å². The maximum Gasteiger partial charge on any atom is 0.166 e. The monoisotopic (exact) mass is 162 g/mol. The molecule has 0 aliphatic carbocycles. The third-order valence-electron chi connectivity index (χ3n) is 0.763. The Morgan fingerprint density at radius 1 is 1.40 bits per heavy atom. The molecule has 2 nitrogen and oxygen atoms in total. The van der Waals surface area contributed by atoms with Crippen LogP contribution in [-0.2, 0) is 0 Å². The molecule has 0 fully saturated rings. The minimum atomic E-state index is 0.729. The first-order valence-electron chi connectivity index (χ1n) is 3.76. The lowest BCUT2D eigenvalue weighted by Crippen LogP contribution is -2.32. The topological polar surface area (TPSA) is 24.1 Å². The lowest BCUT2D eigenvalue weighted by Gasteiger charge is -2.02. The second-order valence-corrected chi connectivity index (χ2v) is 1.91. The molecule has 0 spiro atoms. The van der Waals surface area contributed by atoms with Gasteiger partial charge in [0.15, 0.2) is 5.11 Å². The van der Waals surface area contributed by atoms with Gasteiger partial charge in [-0.2, -0.15) is 0 Å². The van der Waals surface area contributed by atoms with E-state index in [9.17, 15) is 0 Å². The minimum Gasteiger partial charge on any atom is -0.366 e. The molecule has 0 saturated carbocycles. The molecule has 0 rings (SSSR count). The van der Waals surface area contributed by atoms with E-state index in [0.717, 1.165) is 18.1 Å². The van der Waals surface area contributed by atoms with Crippen LogP contribution in [0.3, 0.4) is 0 Å². The molecular weight excluding hydrogens is 144 g/mol. The molecule has 0 amide bonds. The van der Waals surface area contributed by atoms with Crippen LogP contribution in [0.4, 0.5) is 0 Å². The summed E-state index contributed by atoms with van der Waals surface area (Å²) in [4.78, 5) is 0. The van der Waals surface area contributed by atoms with Gasteiger partial charge in [-0.25, -0.2) is 0 Å². The van der Waals surface area contributed by atoms with E-state index in [1.807, 2.05) is 20.9 Å². The summed E-state index contributed by atoms with van der Waals surface area (Å²) in [7, 11) is 1.81. The Hall–Kier alpha value is -0.310. The van der Waals surface area contributed by atoms with Gasteiger partial charge in [0.1, 0.15) is 0 Å². The first kappa shape index (κ1) is 12.4. The van der Waals surface area contributed by atoms with Crippen molar-refractivity contribution in [3.8, 4) is 0 Å². The van der Waals surface area contributed by atoms with E-state index in [0.29, 0.717) is 0 Å². The Balaban J connectivity index is 0. The van der Waals surface area contributed by atoms with Gasteiger partial charge in [-0.15, -0.1) is 0 Å². The summed E-state index contributed by atoms with van der Waals surface area (Å²) in [5, 5.41) is 6.55. The predicted molar refractivity (Wildman–Crippen MR) is 51.3 cm³/mol. The van der Waals surface area contributed by atoms with Gasteiger partial charge >= 0.3 is 0 Å². The van der Waals surface area contributed by atoms with E-state index in [-0.39, 0.29) is 0 Å². The van der Waals surface area contributed by atoms with Crippen molar-refractivity contribution in [1.82, 2.24) is 10.6 Å². The molecule has 0 aliphatic heterocycles. The highest BCUT2D eigenvalue weighted by atomic mass is 32.1. The molecular formula is C7H18N2S. The minimum absolute atomic E-state index is 0.729. The van der Waals surface area contributed by atoms with Crippen LogP contribution in [0.2, 0.25) is 0 Å². The normalized spacial score (nSPS) is 7.20. The zero-order valence-electron chi connectivity index (χ0n) is 7.32. The molecule has 2 N–H and O–H groups in total. The van der Waals surface area contributed by atoms with E-state index in [2.05, 4.69) is 17.6 Å². The van der Waals surface area contributed by atoms with Crippen LogP contribution in [0.15, 0.2) is 0 Å². The van der Waals surface area contributed by atoms with E-state index in [1.54, 1.807) is 0 Å². The Bertz CT molecular complexity index is 74.0. The van der Waals surface area contributed by atoms with Crippen LogP contribution in [0, 0.1) is 0 Å². The molecule has 10 heavy (non-hydrogen) atoms. The number of hydrogen-bond donors (Lipinski definition) is 2. The Morgan fingerprint density at radius 3 is 2.20 bits per heavy atom. The highest BCUT2D eigenvalue weighted by molar-refractivity contribution is 7.80. The van der Waals surface area contributed by atoms with Crippen LogP contribution in [0.5, 0.6) is 0 Å². The van der Waals surface area contributed by atoms with Gasteiger partial charge in [-0.1, -0.05) is 20.8 Å². The number of thiocarbonyl (C=S) groups is 1. The molecule has 0 bridgehead atoms. The first-order valence-corrected chi connectivity index (χ1v) is 4.17. The predicted octanol–water partition coefficient (Wildman–Crippen LogP) is 1.52. The van der Waals surface area contributed by atoms with Gasteiger partial charge in [0.05, 0.1) is 0 Å². The SMILES string of the molecule is CC.CCCNC(=S)NC. The molecule has 0 radical (unpaired) electrons. The van der Waals surface area contributed by atoms with Gasteiger partial charge < -0.3 is 10.6 Å². The third kappa shape index (κ3) is 10.6. The highest BCUT2D eigenvalue weighted by Crippen LogP contribution is 1.68. The largest absolute Gasteiger partial charge is 0.366 e. The van der Waals surface area contributed by atoms with Crippen LogP contribution in [-0.4, -0.2) is 18.7 Å². The molecule has 0 saturated heterocycles. The molecule has 0 atom stereocenters. The summed E-state index contributed by atoms with van der Waals surface area (Å²) in [5.41, 5.74) is 0. The van der Waals surface area contributed by atoms with E-state index >= 15 is 0 Å². The zero-order valence-corrected chi connectivity index (χ0v) is 8.14. The van der Waals surface area contributed by atoms with E-state index in [4.69, 9.17) is 12.2 Å². The summed E-state index contributed by atoms with van der Waals surface area (Å²) in [6, 6.07) is 0. The molecule has 0 aromatic rings. The molecule has 3 heteroatoms. The van der Waals surface area contributed by atoms with Crippen molar-refractivity contribution < 1.29 is 0 Å². The van der Waals surface area contributed by atoms with Crippen molar-refractivity contribution in [2.45, 2.75) is 27.2 Å². The summed E-state index contributed by atoms with van der Waals surface area (Å²) < 4.78 is 0. The number of hydrogen-bond acceptors (Lipinski definition) is 1. The zero-order chi connectivity index (χ0) is 8.41. The Morgan fingerprint density at radius 2 is 1.90 bits per heavy atom. The van der Waals surface area contributed by atoms with Crippen molar-refractivity contribution in [1.29, 1.82) is 0 Å². The van der Waals surface area contributed by atoms with Gasteiger partial charge in [-0.3, -0.25) is 0 Å². The van der Waals surface area contributed by atoms with Gasteiger partial charge in [-0.05, 0) is 18.6 Å². The first-order chi connectivity index (χ1) is 4.81. The van der Waals surface area contributed by atoms with Crippen LogP contribution in [0.25, 0.3) is 0 Å². The van der Waals surface area contributed by atoms with Gasteiger partial charge in [0.25, 0.3) is 0 Å². The summed E-state index contributed by atoms with van der Waals surface area (Å²) in [5.74, 6) is 0. The molecule has 0 aromatic heterocycles. The second kappa shape index (κ2) is 11.5. The van der Waals surface area contributed by atoms with Crippen LogP contribution in [0.1, 0.15) is 27.2 Å².